The minimum Gasteiger partial charge on any atom is -0.481 e. The molecule has 3 heterocycles. The summed E-state index contributed by atoms with van der Waals surface area (Å²) in [6.45, 7) is 3.01. The van der Waals surface area contributed by atoms with Crippen LogP contribution in [0.25, 0.3) is 0 Å². The molecule has 0 amide bonds. The van der Waals surface area contributed by atoms with Gasteiger partial charge in [-0.2, -0.15) is 13.2 Å². The van der Waals surface area contributed by atoms with Crippen molar-refractivity contribution in [2.24, 2.45) is 15.1 Å². The molecule has 170 valence electrons. The van der Waals surface area contributed by atoms with Crippen molar-refractivity contribution >= 4 is 22.1 Å². The number of rotatable bonds is 6. The van der Waals surface area contributed by atoms with Crippen LogP contribution in [0.1, 0.15) is 26.0 Å². The van der Waals surface area contributed by atoms with Crippen LogP contribution in [-0.4, -0.2) is 60.4 Å². The molecule has 1 aromatic heterocycles. The molecular weight excluding hydrogens is 439 g/mol. The standard InChI is InChI=1S/C17H22F3N7O3S/c1-11(31(21,28)29)9-13-22-10-16(2,12-5-4-6-14(24-12)30-3)15(25-13)26-8-7-23-27(26)17(18,19)20/h4-8,10-11,15,23H,9H2,1-3H3,(H2,21,28,29). The molecule has 2 aliphatic rings. The Bertz CT molecular complexity index is 1030. The van der Waals surface area contributed by atoms with Crippen LogP contribution in [-0.2, 0) is 15.4 Å². The van der Waals surface area contributed by atoms with Gasteiger partial charge >= 0.3 is 6.30 Å². The van der Waals surface area contributed by atoms with Gasteiger partial charge in [0.2, 0.25) is 15.9 Å². The number of alkyl halides is 3. The SMILES string of the molecule is COc1cccc(C2(C)C=NC(CC(C)S(N)(=O)=O)=NC2N2C=CNN2C(F)(F)F)n1. The van der Waals surface area contributed by atoms with E-state index in [-0.39, 0.29) is 23.3 Å². The third kappa shape index (κ3) is 4.65. The minimum atomic E-state index is -4.76. The third-order valence-electron chi connectivity index (χ3n) is 4.95. The summed E-state index contributed by atoms with van der Waals surface area (Å²) in [5.74, 6) is 0.320. The van der Waals surface area contributed by atoms with Crippen molar-refractivity contribution in [2.45, 2.75) is 43.4 Å². The molecule has 0 fully saturated rings. The van der Waals surface area contributed by atoms with Gasteiger partial charge in [-0.25, -0.2) is 28.5 Å². The third-order valence-corrected chi connectivity index (χ3v) is 6.24. The van der Waals surface area contributed by atoms with Crippen LogP contribution >= 0.6 is 0 Å². The number of hydrogen-bond acceptors (Lipinski definition) is 9. The Morgan fingerprint density at radius 3 is 2.71 bits per heavy atom. The summed E-state index contributed by atoms with van der Waals surface area (Å²) in [6, 6.07) is 4.88. The van der Waals surface area contributed by atoms with Crippen LogP contribution in [0, 0.1) is 0 Å². The number of hydrazine groups is 2. The fraction of sp³-hybridized carbons (Fsp3) is 0.471. The smallest absolute Gasteiger partial charge is 0.481 e. The van der Waals surface area contributed by atoms with E-state index in [1.807, 2.05) is 0 Å². The van der Waals surface area contributed by atoms with E-state index < -0.39 is 33.2 Å². The van der Waals surface area contributed by atoms with Gasteiger partial charge < -0.3 is 4.74 Å². The summed E-state index contributed by atoms with van der Waals surface area (Å²) in [6.07, 6.45) is -2.41. The molecule has 0 saturated heterocycles. The highest BCUT2D eigenvalue weighted by Gasteiger charge is 2.51. The Balaban J connectivity index is 2.07. The highest BCUT2D eigenvalue weighted by Crippen LogP contribution is 2.37. The summed E-state index contributed by atoms with van der Waals surface area (Å²) in [4.78, 5) is 13.0. The van der Waals surface area contributed by atoms with E-state index >= 15 is 0 Å². The first-order valence-electron chi connectivity index (χ1n) is 9.09. The summed E-state index contributed by atoms with van der Waals surface area (Å²) < 4.78 is 69.1. The van der Waals surface area contributed by atoms with E-state index in [2.05, 4.69) is 20.4 Å². The van der Waals surface area contributed by atoms with Gasteiger partial charge in [0.05, 0.1) is 23.5 Å². The second-order valence-corrected chi connectivity index (χ2v) is 9.22. The fourth-order valence-electron chi connectivity index (χ4n) is 3.13. The van der Waals surface area contributed by atoms with E-state index in [0.29, 0.717) is 5.69 Å². The molecule has 0 aliphatic carbocycles. The van der Waals surface area contributed by atoms with Crippen molar-refractivity contribution in [3.05, 3.63) is 36.3 Å². The van der Waals surface area contributed by atoms with Crippen molar-refractivity contribution in [3.63, 3.8) is 0 Å². The number of hydrogen-bond donors (Lipinski definition) is 2. The maximum atomic E-state index is 13.6. The Morgan fingerprint density at radius 1 is 1.39 bits per heavy atom. The van der Waals surface area contributed by atoms with Gasteiger partial charge in [-0.05, 0) is 25.0 Å². The first-order valence-corrected chi connectivity index (χ1v) is 10.7. The first kappa shape index (κ1) is 23.0. The molecule has 31 heavy (non-hydrogen) atoms. The van der Waals surface area contributed by atoms with Crippen molar-refractivity contribution in [1.29, 1.82) is 0 Å². The number of aliphatic imine (C=N–C) groups is 2. The zero-order valence-corrected chi connectivity index (χ0v) is 17.7. The van der Waals surface area contributed by atoms with Crippen LogP contribution in [0.15, 0.2) is 40.6 Å². The van der Waals surface area contributed by atoms with E-state index in [4.69, 9.17) is 9.88 Å². The topological polar surface area (TPSA) is 126 Å². The number of primary sulfonamides is 1. The van der Waals surface area contributed by atoms with E-state index in [1.165, 1.54) is 26.4 Å². The number of sulfonamides is 1. The molecule has 0 saturated carbocycles. The average Bonchev–Trinajstić information content (AvgIpc) is 3.19. The van der Waals surface area contributed by atoms with Crippen LogP contribution in [0.4, 0.5) is 13.2 Å². The number of amidine groups is 1. The van der Waals surface area contributed by atoms with Gasteiger partial charge in [0.25, 0.3) is 0 Å². The van der Waals surface area contributed by atoms with Crippen LogP contribution in [0.2, 0.25) is 0 Å². The lowest BCUT2D eigenvalue weighted by atomic mass is 9.83. The first-order chi connectivity index (χ1) is 14.4. The predicted molar refractivity (Wildman–Crippen MR) is 107 cm³/mol. The zero-order chi connectivity index (χ0) is 23.0. The van der Waals surface area contributed by atoms with Gasteiger partial charge in [-0.1, -0.05) is 6.07 Å². The lowest BCUT2D eigenvalue weighted by Crippen LogP contribution is -2.60. The molecule has 10 nitrogen and oxygen atoms in total. The highest BCUT2D eigenvalue weighted by atomic mass is 32.2. The number of aromatic nitrogens is 1. The largest absolute Gasteiger partial charge is 0.496 e. The maximum absolute atomic E-state index is 13.6. The van der Waals surface area contributed by atoms with Crippen LogP contribution < -0.4 is 15.3 Å². The van der Waals surface area contributed by atoms with Crippen molar-refractivity contribution < 1.29 is 26.3 Å². The molecule has 0 aromatic carbocycles. The number of methoxy groups -OCH3 is 1. The Kier molecular flexibility index (Phi) is 5.99. The Hall–Kier alpha value is -2.71. The average molecular weight is 461 g/mol. The molecule has 0 bridgehead atoms. The lowest BCUT2D eigenvalue weighted by molar-refractivity contribution is -0.321. The number of nitrogens with two attached hydrogens (primary N) is 1. The Morgan fingerprint density at radius 2 is 2.10 bits per heavy atom. The second-order valence-electron chi connectivity index (χ2n) is 7.23. The summed E-state index contributed by atoms with van der Waals surface area (Å²) in [5.41, 5.74) is 1.26. The second kappa shape index (κ2) is 8.09. The molecule has 3 N–H and O–H groups in total. The molecule has 2 aliphatic heterocycles. The molecule has 3 rings (SSSR count). The predicted octanol–water partition coefficient (Wildman–Crippen LogP) is 1.25. The fourth-order valence-corrected chi connectivity index (χ4v) is 3.51. The summed E-state index contributed by atoms with van der Waals surface area (Å²) >= 11 is 0. The van der Waals surface area contributed by atoms with Gasteiger partial charge in [0.15, 0.2) is 6.17 Å². The summed E-state index contributed by atoms with van der Waals surface area (Å²) in [7, 11) is -2.46. The molecule has 3 unspecified atom stereocenters. The lowest BCUT2D eigenvalue weighted by Gasteiger charge is -2.42. The van der Waals surface area contributed by atoms with Crippen LogP contribution in [0.5, 0.6) is 5.88 Å². The highest BCUT2D eigenvalue weighted by molar-refractivity contribution is 7.89. The number of nitrogens with zero attached hydrogens (tertiary/aromatic N) is 5. The van der Waals surface area contributed by atoms with E-state index in [9.17, 15) is 21.6 Å². The summed E-state index contributed by atoms with van der Waals surface area (Å²) in [5, 5.41) is 4.97. The van der Waals surface area contributed by atoms with Crippen LogP contribution in [0.3, 0.4) is 0 Å². The number of pyridine rings is 1. The number of nitrogens with one attached hydrogen (secondary N) is 1. The van der Waals surface area contributed by atoms with Gasteiger partial charge in [0, 0.05) is 31.1 Å². The van der Waals surface area contributed by atoms with E-state index in [1.54, 1.807) is 25.1 Å². The molecule has 0 spiro atoms. The molecule has 0 radical (unpaired) electrons. The molecule has 3 atom stereocenters. The number of ether oxygens (including phenoxy) is 1. The molecule has 1 aromatic rings. The molecule has 14 heteroatoms. The number of halogens is 3. The zero-order valence-electron chi connectivity index (χ0n) is 16.9. The quantitative estimate of drug-likeness (QED) is 0.611. The van der Waals surface area contributed by atoms with Gasteiger partial charge in [0.1, 0.15) is 5.84 Å². The molecular formula is C17H22F3N7O3S. The Labute approximate surface area is 177 Å². The minimum absolute atomic E-state index is 0.0283. The normalized spacial score (nSPS) is 25.3. The van der Waals surface area contributed by atoms with Gasteiger partial charge in [-0.15, -0.1) is 0 Å². The van der Waals surface area contributed by atoms with E-state index in [0.717, 1.165) is 11.2 Å². The van der Waals surface area contributed by atoms with Crippen molar-refractivity contribution in [2.75, 3.05) is 7.11 Å². The van der Waals surface area contributed by atoms with Crippen molar-refractivity contribution in [1.82, 2.24) is 20.5 Å². The maximum Gasteiger partial charge on any atom is 0.496 e. The van der Waals surface area contributed by atoms with Crippen molar-refractivity contribution in [3.8, 4) is 5.88 Å². The van der Waals surface area contributed by atoms with Gasteiger partial charge in [-0.3, -0.25) is 10.4 Å². The monoisotopic (exact) mass is 461 g/mol.